The molecule has 0 aliphatic carbocycles. The molecule has 0 amide bonds. The van der Waals surface area contributed by atoms with Gasteiger partial charge in [-0.1, -0.05) is 0 Å². The smallest absolute Gasteiger partial charge is 0.387 e. The van der Waals surface area contributed by atoms with Crippen LogP contribution in [0.5, 0.6) is 5.88 Å². The first-order chi connectivity index (χ1) is 6.85. The lowest BCUT2D eigenvalue weighted by Gasteiger charge is -2.10. The van der Waals surface area contributed by atoms with Gasteiger partial charge in [-0.2, -0.15) is 5.26 Å². The topological polar surface area (TPSA) is 45.9 Å². The fourth-order valence-corrected chi connectivity index (χ4v) is 1.87. The first-order valence-electron chi connectivity index (χ1n) is 3.35. The summed E-state index contributed by atoms with van der Waals surface area (Å²) in [6.45, 7) is 0. The molecular formula is C7HBr2F3N2O. The Kier molecular flexibility index (Phi) is 3.57. The molecule has 0 radical (unpaired) electrons. The van der Waals surface area contributed by atoms with Crippen molar-refractivity contribution in [2.45, 2.75) is 6.36 Å². The molecule has 0 saturated carbocycles. The molecule has 1 aromatic rings. The normalized spacial score (nSPS) is 10.9. The van der Waals surface area contributed by atoms with E-state index >= 15 is 0 Å². The fraction of sp³-hybridized carbons (Fsp3) is 0.143. The Morgan fingerprint density at radius 2 is 2.00 bits per heavy atom. The van der Waals surface area contributed by atoms with Crippen LogP contribution in [0, 0.1) is 11.3 Å². The van der Waals surface area contributed by atoms with Gasteiger partial charge < -0.3 is 4.74 Å². The van der Waals surface area contributed by atoms with Crippen molar-refractivity contribution in [3.05, 3.63) is 20.7 Å². The first-order valence-corrected chi connectivity index (χ1v) is 4.93. The molecule has 0 fully saturated rings. The molecule has 0 unspecified atom stereocenters. The molecule has 8 heteroatoms. The number of ether oxygens (including phenoxy) is 1. The summed E-state index contributed by atoms with van der Waals surface area (Å²) in [7, 11) is 0. The maximum absolute atomic E-state index is 11.9. The van der Waals surface area contributed by atoms with E-state index in [0.29, 0.717) is 0 Å². The summed E-state index contributed by atoms with van der Waals surface area (Å²) in [4.78, 5) is 3.38. The second kappa shape index (κ2) is 4.37. The van der Waals surface area contributed by atoms with Gasteiger partial charge in [0.2, 0.25) is 5.88 Å². The number of halogens is 5. The van der Waals surface area contributed by atoms with Crippen LogP contribution in [0.2, 0.25) is 0 Å². The Morgan fingerprint density at radius 1 is 1.40 bits per heavy atom. The molecule has 3 nitrogen and oxygen atoms in total. The van der Waals surface area contributed by atoms with Crippen molar-refractivity contribution in [2.24, 2.45) is 0 Å². The number of alkyl halides is 3. The number of rotatable bonds is 1. The lowest BCUT2D eigenvalue weighted by Crippen LogP contribution is -2.18. The quantitative estimate of drug-likeness (QED) is 0.783. The van der Waals surface area contributed by atoms with Crippen molar-refractivity contribution in [3.63, 3.8) is 0 Å². The average molecular weight is 346 g/mol. The van der Waals surface area contributed by atoms with Gasteiger partial charge in [0.1, 0.15) is 6.07 Å². The van der Waals surface area contributed by atoms with E-state index < -0.39 is 12.2 Å². The summed E-state index contributed by atoms with van der Waals surface area (Å²) >= 11 is 5.77. The Labute approximate surface area is 99.1 Å². The second-order valence-electron chi connectivity index (χ2n) is 2.26. The predicted octanol–water partition coefficient (Wildman–Crippen LogP) is 3.38. The zero-order chi connectivity index (χ0) is 11.6. The molecule has 1 heterocycles. The summed E-state index contributed by atoms with van der Waals surface area (Å²) in [5.74, 6) is -0.692. The molecule has 1 rings (SSSR count). The van der Waals surface area contributed by atoms with Gasteiger partial charge >= 0.3 is 6.36 Å². The van der Waals surface area contributed by atoms with Crippen LogP contribution in [0.15, 0.2) is 15.1 Å². The summed E-state index contributed by atoms with van der Waals surface area (Å²) in [6, 6.07) is 1.71. The van der Waals surface area contributed by atoms with Crippen LogP contribution in [-0.4, -0.2) is 11.3 Å². The largest absolute Gasteiger partial charge is 0.574 e. The lowest BCUT2D eigenvalue weighted by molar-refractivity contribution is -0.276. The number of nitriles is 1. The highest BCUT2D eigenvalue weighted by atomic mass is 79.9. The van der Waals surface area contributed by atoms with E-state index in [1.54, 1.807) is 6.07 Å². The summed E-state index contributed by atoms with van der Waals surface area (Å²) in [6.07, 6.45) is -3.78. The molecule has 0 aliphatic rings. The summed E-state index contributed by atoms with van der Waals surface area (Å²) in [5, 5.41) is 8.65. The molecular weight excluding hydrogens is 345 g/mol. The Morgan fingerprint density at radius 3 is 2.47 bits per heavy atom. The zero-order valence-corrected chi connectivity index (χ0v) is 9.94. The number of pyridine rings is 1. The Hall–Kier alpha value is -0.810. The van der Waals surface area contributed by atoms with Gasteiger partial charge in [-0.05, 0) is 31.9 Å². The number of hydrogen-bond acceptors (Lipinski definition) is 3. The van der Waals surface area contributed by atoms with E-state index in [1.807, 2.05) is 0 Å². The van der Waals surface area contributed by atoms with Crippen LogP contribution in [0.25, 0.3) is 0 Å². The van der Waals surface area contributed by atoms with E-state index in [2.05, 4.69) is 41.6 Å². The Bertz CT molecular complexity index is 427. The van der Waals surface area contributed by atoms with Gasteiger partial charge in [0.05, 0.1) is 14.5 Å². The van der Waals surface area contributed by atoms with E-state index in [9.17, 15) is 13.2 Å². The molecule has 0 N–H and O–H groups in total. The first kappa shape index (κ1) is 12.3. The third-order valence-electron chi connectivity index (χ3n) is 1.27. The van der Waals surface area contributed by atoms with Crippen LogP contribution in [0.3, 0.4) is 0 Å². The van der Waals surface area contributed by atoms with Gasteiger partial charge in [-0.25, -0.2) is 4.98 Å². The maximum Gasteiger partial charge on any atom is 0.574 e. The maximum atomic E-state index is 11.9. The highest BCUT2D eigenvalue weighted by molar-refractivity contribution is 9.11. The third kappa shape index (κ3) is 3.07. The van der Waals surface area contributed by atoms with Crippen molar-refractivity contribution < 1.29 is 17.9 Å². The van der Waals surface area contributed by atoms with Gasteiger partial charge in [-0.15, -0.1) is 13.2 Å². The zero-order valence-electron chi connectivity index (χ0n) is 6.77. The van der Waals surface area contributed by atoms with Crippen molar-refractivity contribution in [1.29, 1.82) is 5.26 Å². The standard InChI is InChI=1S/C7HBr2F3N2O/c8-4-2-14-6(15-7(10,11)12)5(9)3(4)1-13/h2H. The Balaban J connectivity index is 3.18. The van der Waals surface area contributed by atoms with Crippen LogP contribution in [-0.2, 0) is 0 Å². The molecule has 80 valence electrons. The molecule has 0 atom stereocenters. The number of hydrogen-bond donors (Lipinski definition) is 0. The molecule has 15 heavy (non-hydrogen) atoms. The van der Waals surface area contributed by atoms with E-state index in [1.165, 1.54) is 0 Å². The minimum absolute atomic E-state index is 0.00995. The molecule has 0 aromatic carbocycles. The second-order valence-corrected chi connectivity index (χ2v) is 3.91. The average Bonchev–Trinajstić information content (AvgIpc) is 2.09. The molecule has 1 aromatic heterocycles. The molecule has 0 bridgehead atoms. The number of nitrogens with zero attached hydrogens (tertiary/aromatic N) is 2. The summed E-state index contributed by atoms with van der Waals surface area (Å²) in [5.41, 5.74) is -0.00995. The third-order valence-corrected chi connectivity index (χ3v) is 2.60. The predicted molar refractivity (Wildman–Crippen MR) is 51.0 cm³/mol. The minimum Gasteiger partial charge on any atom is -0.387 e. The molecule has 0 spiro atoms. The van der Waals surface area contributed by atoms with E-state index in [0.717, 1.165) is 6.20 Å². The lowest BCUT2D eigenvalue weighted by atomic mass is 10.3. The molecule has 0 aliphatic heterocycles. The molecule has 0 saturated heterocycles. The highest BCUT2D eigenvalue weighted by Gasteiger charge is 2.33. The van der Waals surface area contributed by atoms with Crippen molar-refractivity contribution in [2.75, 3.05) is 0 Å². The highest BCUT2D eigenvalue weighted by Crippen LogP contribution is 2.33. The fourth-order valence-electron chi connectivity index (χ4n) is 0.732. The minimum atomic E-state index is -4.84. The van der Waals surface area contributed by atoms with Crippen molar-refractivity contribution in [1.82, 2.24) is 4.98 Å². The van der Waals surface area contributed by atoms with Gasteiger partial charge in [0.25, 0.3) is 0 Å². The SMILES string of the molecule is N#Cc1c(Br)cnc(OC(F)(F)F)c1Br. The van der Waals surface area contributed by atoms with Gasteiger partial charge in [-0.3, -0.25) is 0 Å². The van der Waals surface area contributed by atoms with Crippen LogP contribution >= 0.6 is 31.9 Å². The van der Waals surface area contributed by atoms with Gasteiger partial charge in [0.15, 0.2) is 0 Å². The van der Waals surface area contributed by atoms with E-state index in [-0.39, 0.29) is 14.5 Å². The van der Waals surface area contributed by atoms with Crippen molar-refractivity contribution >= 4 is 31.9 Å². The van der Waals surface area contributed by atoms with Gasteiger partial charge in [0, 0.05) is 6.20 Å². The van der Waals surface area contributed by atoms with Crippen LogP contribution < -0.4 is 4.74 Å². The number of aromatic nitrogens is 1. The van der Waals surface area contributed by atoms with E-state index in [4.69, 9.17) is 5.26 Å². The monoisotopic (exact) mass is 344 g/mol. The summed E-state index contributed by atoms with van der Waals surface area (Å²) < 4.78 is 39.4. The van der Waals surface area contributed by atoms with Crippen LogP contribution in [0.1, 0.15) is 5.56 Å². The van der Waals surface area contributed by atoms with Crippen LogP contribution in [0.4, 0.5) is 13.2 Å². The van der Waals surface area contributed by atoms with Crippen molar-refractivity contribution in [3.8, 4) is 11.9 Å².